The number of nitrogens with one attached hydrogen (secondary N) is 1. The highest BCUT2D eigenvalue weighted by Crippen LogP contribution is 2.33. The SMILES string of the molecule is COc1ccccc1-c1cc(-c2cccs2)[nH]c(=O)c1C#N. The van der Waals surface area contributed by atoms with Gasteiger partial charge in [0.05, 0.1) is 17.7 Å². The van der Waals surface area contributed by atoms with Crippen LogP contribution in [-0.4, -0.2) is 12.1 Å². The zero-order valence-corrected chi connectivity index (χ0v) is 12.6. The molecule has 5 heteroatoms. The van der Waals surface area contributed by atoms with E-state index < -0.39 is 5.56 Å². The van der Waals surface area contributed by atoms with Gasteiger partial charge in [0.1, 0.15) is 17.4 Å². The van der Waals surface area contributed by atoms with E-state index in [1.54, 1.807) is 7.11 Å². The minimum atomic E-state index is -0.394. The van der Waals surface area contributed by atoms with E-state index >= 15 is 0 Å². The number of benzene rings is 1. The zero-order chi connectivity index (χ0) is 15.5. The van der Waals surface area contributed by atoms with Gasteiger partial charge in [0.25, 0.3) is 5.56 Å². The fraction of sp³-hybridized carbons (Fsp3) is 0.0588. The van der Waals surface area contributed by atoms with Crippen molar-refractivity contribution in [2.45, 2.75) is 0 Å². The number of hydrogen-bond acceptors (Lipinski definition) is 4. The van der Waals surface area contributed by atoms with E-state index in [-0.39, 0.29) is 5.56 Å². The predicted octanol–water partition coefficient (Wildman–Crippen LogP) is 3.65. The molecule has 1 aromatic carbocycles. The summed E-state index contributed by atoms with van der Waals surface area (Å²) >= 11 is 1.53. The second-order valence-electron chi connectivity index (χ2n) is 4.59. The highest BCUT2D eigenvalue weighted by molar-refractivity contribution is 7.13. The number of pyridine rings is 1. The summed E-state index contributed by atoms with van der Waals surface area (Å²) in [7, 11) is 1.57. The second kappa shape index (κ2) is 5.88. The largest absolute Gasteiger partial charge is 0.496 e. The van der Waals surface area contributed by atoms with E-state index in [0.29, 0.717) is 17.0 Å². The Morgan fingerprint density at radius 2 is 2.00 bits per heavy atom. The zero-order valence-electron chi connectivity index (χ0n) is 11.8. The lowest BCUT2D eigenvalue weighted by atomic mass is 9.99. The van der Waals surface area contributed by atoms with Gasteiger partial charge in [-0.25, -0.2) is 0 Å². The predicted molar refractivity (Wildman–Crippen MR) is 87.1 cm³/mol. The van der Waals surface area contributed by atoms with Crippen LogP contribution in [0.5, 0.6) is 5.75 Å². The van der Waals surface area contributed by atoms with E-state index in [4.69, 9.17) is 4.74 Å². The summed E-state index contributed by atoms with van der Waals surface area (Å²) in [6, 6.07) is 15.0. The minimum Gasteiger partial charge on any atom is -0.496 e. The number of aromatic nitrogens is 1. The van der Waals surface area contributed by atoms with Gasteiger partial charge in [0.2, 0.25) is 0 Å². The first kappa shape index (κ1) is 14.1. The molecule has 4 nitrogen and oxygen atoms in total. The molecule has 0 unspecified atom stereocenters. The molecule has 0 spiro atoms. The number of methoxy groups -OCH3 is 1. The standard InChI is InChI=1S/C17H12N2O2S/c1-21-15-6-3-2-5-11(15)12-9-14(16-7-4-8-22-16)19-17(20)13(12)10-18/h2-9H,1H3,(H,19,20). The average Bonchev–Trinajstić information content (AvgIpc) is 3.08. The van der Waals surface area contributed by atoms with Crippen molar-refractivity contribution in [1.29, 1.82) is 5.26 Å². The fourth-order valence-corrected chi connectivity index (χ4v) is 3.01. The normalized spacial score (nSPS) is 10.2. The van der Waals surface area contributed by atoms with Gasteiger partial charge < -0.3 is 9.72 Å². The molecule has 0 aliphatic rings. The Morgan fingerprint density at radius 1 is 1.18 bits per heavy atom. The Labute approximate surface area is 131 Å². The summed E-state index contributed by atoms with van der Waals surface area (Å²) in [6.45, 7) is 0. The van der Waals surface area contributed by atoms with Crippen LogP contribution in [0.25, 0.3) is 21.7 Å². The smallest absolute Gasteiger partial charge is 0.266 e. The number of thiophene rings is 1. The summed E-state index contributed by atoms with van der Waals surface area (Å²) in [5, 5.41) is 11.3. The van der Waals surface area contributed by atoms with Gasteiger partial charge in [0, 0.05) is 11.1 Å². The van der Waals surface area contributed by atoms with Gasteiger partial charge in [-0.15, -0.1) is 11.3 Å². The van der Waals surface area contributed by atoms with Crippen molar-refractivity contribution in [3.05, 3.63) is 63.8 Å². The quantitative estimate of drug-likeness (QED) is 0.803. The molecule has 0 radical (unpaired) electrons. The number of nitriles is 1. The van der Waals surface area contributed by atoms with E-state index in [9.17, 15) is 10.1 Å². The molecule has 0 aliphatic heterocycles. The Balaban J connectivity index is 2.30. The van der Waals surface area contributed by atoms with Crippen molar-refractivity contribution < 1.29 is 4.74 Å². The number of nitrogens with zero attached hydrogens (tertiary/aromatic N) is 1. The molecule has 108 valence electrons. The third-order valence-electron chi connectivity index (χ3n) is 3.33. The van der Waals surface area contributed by atoms with E-state index in [1.807, 2.05) is 53.9 Å². The van der Waals surface area contributed by atoms with Crippen molar-refractivity contribution in [2.24, 2.45) is 0 Å². The Hall–Kier alpha value is -2.84. The Kier molecular flexibility index (Phi) is 3.77. The lowest BCUT2D eigenvalue weighted by Crippen LogP contribution is -2.12. The lowest BCUT2D eigenvalue weighted by Gasteiger charge is -2.10. The van der Waals surface area contributed by atoms with Gasteiger partial charge in [-0.1, -0.05) is 24.3 Å². The van der Waals surface area contributed by atoms with Crippen LogP contribution in [0.1, 0.15) is 5.56 Å². The lowest BCUT2D eigenvalue weighted by molar-refractivity contribution is 0.416. The molecule has 3 aromatic rings. The van der Waals surface area contributed by atoms with E-state index in [2.05, 4.69) is 4.98 Å². The number of hydrogen-bond donors (Lipinski definition) is 1. The number of H-pyrrole nitrogens is 1. The number of aromatic amines is 1. The first-order chi connectivity index (χ1) is 10.7. The van der Waals surface area contributed by atoms with Crippen molar-refractivity contribution in [3.63, 3.8) is 0 Å². The molecule has 3 rings (SSSR count). The topological polar surface area (TPSA) is 65.9 Å². The maximum absolute atomic E-state index is 12.2. The average molecular weight is 308 g/mol. The molecule has 0 amide bonds. The number of ether oxygens (including phenoxy) is 1. The maximum Gasteiger partial charge on any atom is 0.266 e. The highest BCUT2D eigenvalue weighted by Gasteiger charge is 2.15. The summed E-state index contributed by atoms with van der Waals surface area (Å²) in [6.07, 6.45) is 0. The summed E-state index contributed by atoms with van der Waals surface area (Å²) in [5.41, 5.74) is 1.69. The summed E-state index contributed by atoms with van der Waals surface area (Å²) < 4.78 is 5.35. The third-order valence-corrected chi connectivity index (χ3v) is 4.23. The summed E-state index contributed by atoms with van der Waals surface area (Å²) in [5.74, 6) is 0.627. The number of para-hydroxylation sites is 1. The Morgan fingerprint density at radius 3 is 2.68 bits per heavy atom. The van der Waals surface area contributed by atoms with Crippen LogP contribution in [0.15, 0.2) is 52.6 Å². The molecule has 0 saturated carbocycles. The first-order valence-electron chi connectivity index (χ1n) is 6.59. The molecule has 1 N–H and O–H groups in total. The van der Waals surface area contributed by atoms with Gasteiger partial charge in [0.15, 0.2) is 0 Å². The summed E-state index contributed by atoms with van der Waals surface area (Å²) in [4.78, 5) is 16.0. The van der Waals surface area contributed by atoms with Crippen LogP contribution in [0.3, 0.4) is 0 Å². The number of rotatable bonds is 3. The van der Waals surface area contributed by atoms with Crippen molar-refractivity contribution in [2.75, 3.05) is 7.11 Å². The van der Waals surface area contributed by atoms with Gasteiger partial charge >= 0.3 is 0 Å². The van der Waals surface area contributed by atoms with Gasteiger partial charge in [-0.05, 0) is 23.6 Å². The van der Waals surface area contributed by atoms with Crippen LogP contribution >= 0.6 is 11.3 Å². The van der Waals surface area contributed by atoms with Crippen molar-refractivity contribution >= 4 is 11.3 Å². The van der Waals surface area contributed by atoms with Crippen LogP contribution in [0, 0.1) is 11.3 Å². The van der Waals surface area contributed by atoms with Crippen LogP contribution < -0.4 is 10.3 Å². The first-order valence-corrected chi connectivity index (χ1v) is 7.47. The van der Waals surface area contributed by atoms with Crippen LogP contribution in [0.4, 0.5) is 0 Å². The molecule has 0 fully saturated rings. The molecule has 2 heterocycles. The molecule has 0 atom stereocenters. The maximum atomic E-state index is 12.2. The molecule has 0 aliphatic carbocycles. The minimum absolute atomic E-state index is 0.0878. The highest BCUT2D eigenvalue weighted by atomic mass is 32.1. The van der Waals surface area contributed by atoms with Crippen LogP contribution in [0.2, 0.25) is 0 Å². The van der Waals surface area contributed by atoms with E-state index in [1.165, 1.54) is 11.3 Å². The van der Waals surface area contributed by atoms with Crippen molar-refractivity contribution in [1.82, 2.24) is 4.98 Å². The van der Waals surface area contributed by atoms with Gasteiger partial charge in [-0.3, -0.25) is 4.79 Å². The van der Waals surface area contributed by atoms with Gasteiger partial charge in [-0.2, -0.15) is 5.26 Å². The van der Waals surface area contributed by atoms with E-state index in [0.717, 1.165) is 10.4 Å². The molecule has 0 saturated heterocycles. The monoisotopic (exact) mass is 308 g/mol. The van der Waals surface area contributed by atoms with Crippen LogP contribution in [-0.2, 0) is 0 Å². The molecule has 0 bridgehead atoms. The fourth-order valence-electron chi connectivity index (χ4n) is 2.31. The molecule has 2 aromatic heterocycles. The molecule has 22 heavy (non-hydrogen) atoms. The molecular formula is C17H12N2O2S. The second-order valence-corrected chi connectivity index (χ2v) is 5.54. The van der Waals surface area contributed by atoms with Crippen molar-refractivity contribution in [3.8, 4) is 33.5 Å². The Bertz CT molecular complexity index is 905. The third kappa shape index (κ3) is 2.41. The molecular weight excluding hydrogens is 296 g/mol.